The summed E-state index contributed by atoms with van der Waals surface area (Å²) < 4.78 is 14.7. The van der Waals surface area contributed by atoms with Crippen LogP contribution in [0.2, 0.25) is 0 Å². The first-order valence-corrected chi connectivity index (χ1v) is 17.6. The third-order valence-electron chi connectivity index (χ3n) is 7.54. The molecule has 7 aromatic rings. The molecule has 0 atom stereocenters. The fraction of sp³-hybridized carbons (Fsp3) is 0.139. The number of rotatable bonds is 11. The fourth-order valence-corrected chi connectivity index (χ4v) is 8.57. The minimum Gasteiger partial charge on any atom is -0.493 e. The number of thiophene rings is 3. The van der Waals surface area contributed by atoms with Gasteiger partial charge in [0.05, 0.1) is 56.5 Å². The highest BCUT2D eigenvalue weighted by Crippen LogP contribution is 2.51. The van der Waals surface area contributed by atoms with Crippen molar-refractivity contribution in [3.63, 3.8) is 0 Å². The van der Waals surface area contributed by atoms with Crippen LogP contribution in [0.4, 0.5) is 0 Å². The molecule has 0 spiro atoms. The topological polar surface area (TPSA) is 132 Å². The van der Waals surface area contributed by atoms with E-state index in [1.54, 1.807) is 40.2 Å². The summed E-state index contributed by atoms with van der Waals surface area (Å²) >= 11 is 5.00. The van der Waals surface area contributed by atoms with Crippen LogP contribution >= 0.6 is 34.0 Å². The minimum atomic E-state index is -1.15. The molecule has 0 saturated carbocycles. The maximum atomic E-state index is 12.0. The van der Waals surface area contributed by atoms with Gasteiger partial charge < -0.3 is 19.7 Å². The Labute approximate surface area is 286 Å². The van der Waals surface area contributed by atoms with Gasteiger partial charge in [0.2, 0.25) is 0 Å². The normalized spacial score (nSPS) is 11.3. The maximum absolute atomic E-state index is 12.0. The number of carbonyl (C=O) groups is 2. The van der Waals surface area contributed by atoms with Crippen molar-refractivity contribution in [3.05, 3.63) is 89.6 Å². The highest BCUT2D eigenvalue weighted by Gasteiger charge is 2.22. The van der Waals surface area contributed by atoms with E-state index in [2.05, 4.69) is 51.5 Å². The molecule has 6 aromatic heterocycles. The van der Waals surface area contributed by atoms with E-state index in [1.165, 1.54) is 30.5 Å². The van der Waals surface area contributed by atoms with E-state index in [0.29, 0.717) is 24.6 Å². The zero-order valence-corrected chi connectivity index (χ0v) is 28.2. The molecule has 12 heteroatoms. The lowest BCUT2D eigenvalue weighted by Crippen LogP contribution is -2.02. The molecule has 48 heavy (non-hydrogen) atoms. The van der Waals surface area contributed by atoms with Crippen molar-refractivity contribution in [2.75, 3.05) is 13.2 Å². The van der Waals surface area contributed by atoms with Crippen molar-refractivity contribution < 1.29 is 29.3 Å². The van der Waals surface area contributed by atoms with Gasteiger partial charge in [-0.3, -0.25) is 9.97 Å². The first-order valence-electron chi connectivity index (χ1n) is 15.1. The number of fused-ring (bicyclic) bond motifs is 2. The monoisotopic (exact) mass is 693 g/mol. The standard InChI is InChI=1S/C36H27N3O6S3/c1-3-12-45-32-33-22(9-13-46-33)31(44-4-2)23-18-30(48-34(23)32)29-6-5-28(47-29)19-7-10-37-24(14-19)26-16-21(36(42)43)17-27(39-26)25-15-20(35(40)41)8-11-38-25/h5-11,13-18H,3-4,12H2,1-2H3,(H,40,41)(H,42,43). The van der Waals surface area contributed by atoms with E-state index in [9.17, 15) is 19.8 Å². The second kappa shape index (κ2) is 13.1. The molecule has 0 unspecified atom stereocenters. The molecule has 0 aliphatic heterocycles. The molecule has 2 N–H and O–H groups in total. The molecule has 0 radical (unpaired) electrons. The number of aromatic nitrogens is 3. The quantitative estimate of drug-likeness (QED) is 0.136. The maximum Gasteiger partial charge on any atom is 0.335 e. The van der Waals surface area contributed by atoms with Crippen LogP contribution in [0, 0.1) is 0 Å². The molecule has 240 valence electrons. The molecule has 0 aliphatic carbocycles. The van der Waals surface area contributed by atoms with Crippen molar-refractivity contribution in [2.45, 2.75) is 20.3 Å². The molecule has 6 heterocycles. The van der Waals surface area contributed by atoms with Crippen LogP contribution < -0.4 is 9.47 Å². The highest BCUT2D eigenvalue weighted by molar-refractivity contribution is 7.27. The fourth-order valence-electron chi connectivity index (χ4n) is 5.37. The van der Waals surface area contributed by atoms with Crippen molar-refractivity contribution in [3.8, 4) is 54.5 Å². The third kappa shape index (κ3) is 5.89. The van der Waals surface area contributed by atoms with E-state index < -0.39 is 11.9 Å². The molecule has 7 rings (SSSR count). The number of carboxylic acid groups (broad SMARTS) is 2. The van der Waals surface area contributed by atoms with Crippen LogP contribution in [0.5, 0.6) is 11.5 Å². The highest BCUT2D eigenvalue weighted by atomic mass is 32.1. The Hall–Kier alpha value is -5.17. The van der Waals surface area contributed by atoms with Crippen molar-refractivity contribution in [2.24, 2.45) is 0 Å². The number of ether oxygens (including phenoxy) is 2. The first-order chi connectivity index (χ1) is 23.3. The minimum absolute atomic E-state index is 0.0125. The third-order valence-corrected chi connectivity index (χ3v) is 10.9. The summed E-state index contributed by atoms with van der Waals surface area (Å²) in [6.07, 6.45) is 3.94. The van der Waals surface area contributed by atoms with E-state index in [4.69, 9.17) is 9.47 Å². The molecule has 0 amide bonds. The van der Waals surface area contributed by atoms with Gasteiger partial charge in [0.1, 0.15) is 5.75 Å². The zero-order chi connectivity index (χ0) is 33.4. The predicted molar refractivity (Wildman–Crippen MR) is 191 cm³/mol. The lowest BCUT2D eigenvalue weighted by Gasteiger charge is -2.12. The number of carboxylic acids is 2. The lowest BCUT2D eigenvalue weighted by atomic mass is 10.1. The van der Waals surface area contributed by atoms with E-state index in [-0.39, 0.29) is 22.5 Å². The summed E-state index contributed by atoms with van der Waals surface area (Å²) in [5.41, 5.74) is 2.20. The summed E-state index contributed by atoms with van der Waals surface area (Å²) in [6.45, 7) is 5.29. The van der Waals surface area contributed by atoms with Crippen LogP contribution in [0.25, 0.3) is 63.1 Å². The number of nitrogens with zero attached hydrogens (tertiary/aromatic N) is 3. The summed E-state index contributed by atoms with van der Waals surface area (Å²) in [5.74, 6) is -0.473. The average Bonchev–Trinajstić information content (AvgIpc) is 3.88. The summed E-state index contributed by atoms with van der Waals surface area (Å²) in [7, 11) is 0. The molecule has 1 aromatic carbocycles. The molecule has 0 saturated heterocycles. The van der Waals surface area contributed by atoms with Crippen LogP contribution in [0.15, 0.2) is 78.4 Å². The average molecular weight is 694 g/mol. The van der Waals surface area contributed by atoms with Gasteiger partial charge >= 0.3 is 11.9 Å². The number of hydrogen-bond donors (Lipinski definition) is 2. The summed E-state index contributed by atoms with van der Waals surface area (Å²) in [6, 6.07) is 17.8. The molecule has 0 aliphatic rings. The number of aromatic carboxylic acids is 2. The van der Waals surface area contributed by atoms with Crippen LogP contribution in [-0.4, -0.2) is 50.3 Å². The Balaban J connectivity index is 1.27. The Morgan fingerprint density at radius 3 is 2.12 bits per heavy atom. The van der Waals surface area contributed by atoms with Crippen LogP contribution in [0.3, 0.4) is 0 Å². The van der Waals surface area contributed by atoms with Gasteiger partial charge in [0.15, 0.2) is 5.75 Å². The van der Waals surface area contributed by atoms with Crippen LogP contribution in [0.1, 0.15) is 41.0 Å². The van der Waals surface area contributed by atoms with Crippen molar-refractivity contribution >= 4 is 66.1 Å². The van der Waals surface area contributed by atoms with Gasteiger partial charge in [-0.05, 0) is 85.0 Å². The number of pyridine rings is 3. The Morgan fingerprint density at radius 2 is 1.40 bits per heavy atom. The second-order valence-corrected chi connectivity index (χ2v) is 13.8. The largest absolute Gasteiger partial charge is 0.493 e. The lowest BCUT2D eigenvalue weighted by molar-refractivity contribution is 0.0686. The summed E-state index contributed by atoms with van der Waals surface area (Å²) in [4.78, 5) is 40.2. The van der Waals surface area contributed by atoms with Crippen molar-refractivity contribution in [1.29, 1.82) is 0 Å². The van der Waals surface area contributed by atoms with Gasteiger partial charge in [-0.2, -0.15) is 0 Å². The van der Waals surface area contributed by atoms with Gasteiger partial charge in [-0.1, -0.05) is 6.92 Å². The molecular formula is C36H27N3O6S3. The van der Waals surface area contributed by atoms with Crippen LogP contribution in [-0.2, 0) is 0 Å². The van der Waals surface area contributed by atoms with E-state index >= 15 is 0 Å². The van der Waals surface area contributed by atoms with E-state index in [1.807, 2.05) is 19.1 Å². The smallest absolute Gasteiger partial charge is 0.335 e. The summed E-state index contributed by atoms with van der Waals surface area (Å²) in [5, 5.41) is 23.5. The number of hydrogen-bond acceptors (Lipinski definition) is 10. The Morgan fingerprint density at radius 1 is 0.688 bits per heavy atom. The first kappa shape index (κ1) is 31.4. The molecule has 0 bridgehead atoms. The zero-order valence-electron chi connectivity index (χ0n) is 25.7. The van der Waals surface area contributed by atoms with Gasteiger partial charge in [0, 0.05) is 37.8 Å². The van der Waals surface area contributed by atoms with Gasteiger partial charge in [-0.25, -0.2) is 14.6 Å². The van der Waals surface area contributed by atoms with Crippen molar-refractivity contribution in [1.82, 2.24) is 15.0 Å². The molecule has 0 fully saturated rings. The SMILES string of the molecule is CCCOc1c2sccc2c(OCC)c2cc(-c3ccc(-c4ccnc(-c5cc(C(=O)O)cc(-c6cc(C(=O)O)ccn6)n5)c4)s3)sc12. The van der Waals surface area contributed by atoms with E-state index in [0.717, 1.165) is 58.3 Å². The second-order valence-electron chi connectivity index (χ2n) is 10.7. The molecule has 9 nitrogen and oxygen atoms in total. The van der Waals surface area contributed by atoms with Gasteiger partial charge in [0.25, 0.3) is 0 Å². The molecular weight excluding hydrogens is 667 g/mol. The van der Waals surface area contributed by atoms with Gasteiger partial charge in [-0.15, -0.1) is 34.0 Å². The number of benzene rings is 1. The Bertz CT molecular complexity index is 2340. The Kier molecular flexibility index (Phi) is 8.61. The predicted octanol–water partition coefficient (Wildman–Crippen LogP) is 9.61.